The van der Waals surface area contributed by atoms with Crippen molar-refractivity contribution in [3.63, 3.8) is 0 Å². The summed E-state index contributed by atoms with van der Waals surface area (Å²) in [6.45, 7) is 7.81. The van der Waals surface area contributed by atoms with Crippen LogP contribution in [0.3, 0.4) is 0 Å². The number of phenolic OH excluding ortho intramolecular Hbond substituents is 2. The van der Waals surface area contributed by atoms with Crippen LogP contribution in [-0.2, 0) is 6.42 Å². The fraction of sp³-hybridized carbons (Fsp3) is 0.571. The minimum absolute atomic E-state index is 0.0160. The molecule has 0 aliphatic carbocycles. The van der Waals surface area contributed by atoms with Crippen LogP contribution in [0, 0.1) is 0 Å². The smallest absolute Gasteiger partial charge is 0.181 e. The first kappa shape index (κ1) is 13.7. The molecule has 0 radical (unpaired) electrons. The van der Waals surface area contributed by atoms with Gasteiger partial charge >= 0.3 is 0 Å². The van der Waals surface area contributed by atoms with Gasteiger partial charge in [-0.2, -0.15) is 0 Å². The number of phenols is 2. The fourth-order valence-electron chi connectivity index (χ4n) is 2.00. The van der Waals surface area contributed by atoms with Crippen molar-refractivity contribution in [1.82, 2.24) is 0 Å². The van der Waals surface area contributed by atoms with Crippen molar-refractivity contribution in [3.8, 4) is 11.5 Å². The number of rotatable bonds is 6. The molecule has 0 fully saturated rings. The van der Waals surface area contributed by atoms with E-state index in [1.807, 2.05) is 30.9 Å². The van der Waals surface area contributed by atoms with Crippen molar-refractivity contribution >= 4 is 5.69 Å². The zero-order chi connectivity index (χ0) is 12.8. The van der Waals surface area contributed by atoms with Gasteiger partial charge in [0.1, 0.15) is 0 Å². The fourth-order valence-corrected chi connectivity index (χ4v) is 2.00. The van der Waals surface area contributed by atoms with Crippen LogP contribution in [-0.4, -0.2) is 23.3 Å². The molecule has 0 saturated carbocycles. The quantitative estimate of drug-likeness (QED) is 0.746. The second-order valence-electron chi connectivity index (χ2n) is 4.22. The Hall–Kier alpha value is -1.38. The molecule has 0 aliphatic heterocycles. The van der Waals surface area contributed by atoms with E-state index in [4.69, 9.17) is 0 Å². The SMILES string of the molecule is CCCCc1ccc(N(CC)CC)c(O)c1O. The number of nitrogens with zero attached hydrogens (tertiary/aromatic N) is 1. The maximum Gasteiger partial charge on any atom is 0.181 e. The van der Waals surface area contributed by atoms with Gasteiger partial charge in [-0.05, 0) is 38.3 Å². The van der Waals surface area contributed by atoms with E-state index in [2.05, 4.69) is 6.92 Å². The molecule has 0 atom stereocenters. The molecule has 0 spiro atoms. The van der Waals surface area contributed by atoms with Gasteiger partial charge in [0.25, 0.3) is 0 Å². The van der Waals surface area contributed by atoms with E-state index in [1.165, 1.54) is 0 Å². The second kappa shape index (κ2) is 6.38. The largest absolute Gasteiger partial charge is 0.504 e. The molecule has 3 heteroatoms. The molecule has 0 heterocycles. The Labute approximate surface area is 104 Å². The van der Waals surface area contributed by atoms with Crippen molar-refractivity contribution in [2.75, 3.05) is 18.0 Å². The predicted molar refractivity (Wildman–Crippen MR) is 71.9 cm³/mol. The zero-order valence-corrected chi connectivity index (χ0v) is 11.0. The van der Waals surface area contributed by atoms with Gasteiger partial charge in [0, 0.05) is 13.1 Å². The highest BCUT2D eigenvalue weighted by atomic mass is 16.3. The minimum Gasteiger partial charge on any atom is -0.504 e. The van der Waals surface area contributed by atoms with Crippen molar-refractivity contribution in [2.24, 2.45) is 0 Å². The third-order valence-corrected chi connectivity index (χ3v) is 3.12. The number of unbranched alkanes of at least 4 members (excludes halogenated alkanes) is 1. The van der Waals surface area contributed by atoms with E-state index in [-0.39, 0.29) is 11.5 Å². The highest BCUT2D eigenvalue weighted by Crippen LogP contribution is 2.38. The minimum atomic E-state index is 0.0160. The topological polar surface area (TPSA) is 43.7 Å². The van der Waals surface area contributed by atoms with Crippen LogP contribution in [0.4, 0.5) is 5.69 Å². The van der Waals surface area contributed by atoms with Crippen molar-refractivity contribution in [2.45, 2.75) is 40.0 Å². The number of aromatic hydroxyl groups is 2. The van der Waals surface area contributed by atoms with Crippen LogP contribution in [0.5, 0.6) is 11.5 Å². The maximum atomic E-state index is 10.0. The van der Waals surface area contributed by atoms with Gasteiger partial charge in [0.15, 0.2) is 11.5 Å². The Bertz CT molecular complexity index is 359. The lowest BCUT2D eigenvalue weighted by molar-refractivity contribution is 0.398. The van der Waals surface area contributed by atoms with E-state index < -0.39 is 0 Å². The summed E-state index contributed by atoms with van der Waals surface area (Å²) in [5.74, 6) is 0.0603. The lowest BCUT2D eigenvalue weighted by atomic mass is 10.1. The molecule has 1 rings (SSSR count). The second-order valence-corrected chi connectivity index (χ2v) is 4.22. The third-order valence-electron chi connectivity index (χ3n) is 3.12. The standard InChI is InChI=1S/C14H23NO2/c1-4-7-8-11-9-10-12(14(17)13(11)16)15(5-2)6-3/h9-10,16-17H,4-8H2,1-3H3. The summed E-state index contributed by atoms with van der Waals surface area (Å²) < 4.78 is 0. The van der Waals surface area contributed by atoms with Crippen molar-refractivity contribution in [1.29, 1.82) is 0 Å². The molecular formula is C14H23NO2. The summed E-state index contributed by atoms with van der Waals surface area (Å²) in [4.78, 5) is 2.03. The lowest BCUT2D eigenvalue weighted by Gasteiger charge is -2.23. The van der Waals surface area contributed by atoms with Crippen LogP contribution in [0.15, 0.2) is 12.1 Å². The highest BCUT2D eigenvalue weighted by molar-refractivity contribution is 5.65. The van der Waals surface area contributed by atoms with Crippen LogP contribution in [0.1, 0.15) is 39.2 Å². The van der Waals surface area contributed by atoms with Gasteiger partial charge in [0.2, 0.25) is 0 Å². The van der Waals surface area contributed by atoms with E-state index in [0.717, 1.165) is 37.9 Å². The van der Waals surface area contributed by atoms with E-state index in [9.17, 15) is 10.2 Å². The highest BCUT2D eigenvalue weighted by Gasteiger charge is 2.14. The van der Waals surface area contributed by atoms with Crippen LogP contribution >= 0.6 is 0 Å². The predicted octanol–water partition coefficient (Wildman–Crippen LogP) is 3.29. The Kier molecular flexibility index (Phi) is 5.13. The normalized spacial score (nSPS) is 10.5. The number of benzene rings is 1. The van der Waals surface area contributed by atoms with Crippen LogP contribution in [0.25, 0.3) is 0 Å². The number of hydrogen-bond acceptors (Lipinski definition) is 3. The first-order valence-corrected chi connectivity index (χ1v) is 6.44. The molecule has 0 amide bonds. The molecule has 0 aliphatic rings. The third kappa shape index (κ3) is 3.05. The average Bonchev–Trinajstić information content (AvgIpc) is 2.35. The Morgan fingerprint density at radius 1 is 1.00 bits per heavy atom. The van der Waals surface area contributed by atoms with E-state index in [0.29, 0.717) is 5.69 Å². The van der Waals surface area contributed by atoms with Gasteiger partial charge in [-0.25, -0.2) is 0 Å². The molecule has 0 unspecified atom stereocenters. The van der Waals surface area contributed by atoms with Crippen LogP contribution in [0.2, 0.25) is 0 Å². The summed E-state index contributed by atoms with van der Waals surface area (Å²) in [5, 5.41) is 20.0. The maximum absolute atomic E-state index is 10.0. The molecule has 1 aromatic carbocycles. The van der Waals surface area contributed by atoms with Crippen molar-refractivity contribution in [3.05, 3.63) is 17.7 Å². The summed E-state index contributed by atoms with van der Waals surface area (Å²) in [5.41, 5.74) is 1.55. The van der Waals surface area contributed by atoms with Gasteiger partial charge < -0.3 is 15.1 Å². The Morgan fingerprint density at radius 2 is 1.65 bits per heavy atom. The van der Waals surface area contributed by atoms with Gasteiger partial charge in [-0.3, -0.25) is 0 Å². The van der Waals surface area contributed by atoms with Gasteiger partial charge in [-0.15, -0.1) is 0 Å². The number of aryl methyl sites for hydroxylation is 1. The van der Waals surface area contributed by atoms with E-state index in [1.54, 1.807) is 0 Å². The molecule has 0 bridgehead atoms. The molecule has 96 valence electrons. The van der Waals surface area contributed by atoms with E-state index >= 15 is 0 Å². The summed E-state index contributed by atoms with van der Waals surface area (Å²) >= 11 is 0. The average molecular weight is 237 g/mol. The van der Waals surface area contributed by atoms with Crippen LogP contribution < -0.4 is 4.90 Å². The molecule has 17 heavy (non-hydrogen) atoms. The molecule has 3 nitrogen and oxygen atoms in total. The first-order chi connectivity index (χ1) is 8.15. The monoisotopic (exact) mass is 237 g/mol. The molecule has 1 aromatic rings. The summed E-state index contributed by atoms with van der Waals surface area (Å²) in [6, 6.07) is 3.81. The Morgan fingerprint density at radius 3 is 2.18 bits per heavy atom. The molecular weight excluding hydrogens is 214 g/mol. The molecule has 2 N–H and O–H groups in total. The number of anilines is 1. The Balaban J connectivity index is 3.01. The van der Waals surface area contributed by atoms with Gasteiger partial charge in [0.05, 0.1) is 5.69 Å². The summed E-state index contributed by atoms with van der Waals surface area (Å²) in [6.07, 6.45) is 2.92. The zero-order valence-electron chi connectivity index (χ0n) is 11.0. The first-order valence-electron chi connectivity index (χ1n) is 6.44. The molecule has 0 aromatic heterocycles. The molecule has 0 saturated heterocycles. The van der Waals surface area contributed by atoms with Gasteiger partial charge in [-0.1, -0.05) is 19.4 Å². The number of hydrogen-bond donors (Lipinski definition) is 2. The van der Waals surface area contributed by atoms with Crippen molar-refractivity contribution < 1.29 is 10.2 Å². The summed E-state index contributed by atoms with van der Waals surface area (Å²) in [7, 11) is 0. The lowest BCUT2D eigenvalue weighted by Crippen LogP contribution is -2.21.